The van der Waals surface area contributed by atoms with Gasteiger partial charge in [-0.1, -0.05) is 133 Å². The molecule has 3 aromatic heterocycles. The van der Waals surface area contributed by atoms with E-state index in [1.807, 2.05) is 66.7 Å². The van der Waals surface area contributed by atoms with Crippen LogP contribution >= 0.6 is 0 Å². The highest BCUT2D eigenvalue weighted by Gasteiger charge is 2.18. The lowest BCUT2D eigenvalue weighted by molar-refractivity contribution is 0.668. The maximum absolute atomic E-state index is 6.21. The van der Waals surface area contributed by atoms with Crippen molar-refractivity contribution in [3.05, 3.63) is 188 Å². The Kier molecular flexibility index (Phi) is 7.42. The lowest BCUT2D eigenvalue weighted by Crippen LogP contribution is -2.01. The van der Waals surface area contributed by atoms with Crippen LogP contribution in [0.3, 0.4) is 0 Å². The van der Waals surface area contributed by atoms with Crippen LogP contribution < -0.4 is 0 Å². The van der Waals surface area contributed by atoms with Crippen LogP contribution in [-0.2, 0) is 0 Å². The molecule has 0 aliphatic carbocycles. The topological polar surface area (TPSA) is 65.0 Å². The maximum Gasteiger partial charge on any atom is 0.164 e. The summed E-state index contributed by atoms with van der Waals surface area (Å²) in [7, 11) is 0. The van der Waals surface area contributed by atoms with E-state index < -0.39 is 0 Å². The summed E-state index contributed by atoms with van der Waals surface area (Å²) in [5.74, 6) is 1.81. The van der Waals surface area contributed by atoms with Gasteiger partial charge in [-0.05, 0) is 88.0 Å². The van der Waals surface area contributed by atoms with Crippen LogP contribution in [0.2, 0.25) is 0 Å². The van der Waals surface area contributed by atoms with Crippen molar-refractivity contribution in [3.8, 4) is 67.5 Å². The monoisotopic (exact) mass is 717 g/mol. The van der Waals surface area contributed by atoms with Gasteiger partial charge in [0.25, 0.3) is 0 Å². The summed E-state index contributed by atoms with van der Waals surface area (Å²) in [6.45, 7) is 0. The van der Waals surface area contributed by atoms with Crippen molar-refractivity contribution in [2.45, 2.75) is 0 Å². The number of furan rings is 2. The van der Waals surface area contributed by atoms with Crippen molar-refractivity contribution < 1.29 is 8.83 Å². The third-order valence-corrected chi connectivity index (χ3v) is 10.5. The van der Waals surface area contributed by atoms with E-state index in [-0.39, 0.29) is 0 Å². The summed E-state index contributed by atoms with van der Waals surface area (Å²) in [6, 6.07) is 64.7. The van der Waals surface area contributed by atoms with Crippen molar-refractivity contribution in [2.24, 2.45) is 0 Å². The van der Waals surface area contributed by atoms with E-state index in [1.54, 1.807) is 0 Å². The molecule has 0 atom stereocenters. The third kappa shape index (κ3) is 5.53. The van der Waals surface area contributed by atoms with Crippen molar-refractivity contribution >= 4 is 43.9 Å². The van der Waals surface area contributed by atoms with Gasteiger partial charge in [-0.15, -0.1) is 0 Å². The van der Waals surface area contributed by atoms with Crippen LogP contribution in [0.1, 0.15) is 0 Å². The van der Waals surface area contributed by atoms with Gasteiger partial charge in [-0.3, -0.25) is 0 Å². The largest absolute Gasteiger partial charge is 0.456 e. The van der Waals surface area contributed by atoms with Gasteiger partial charge < -0.3 is 8.83 Å². The molecule has 56 heavy (non-hydrogen) atoms. The Bertz CT molecular complexity index is 3120. The van der Waals surface area contributed by atoms with Crippen molar-refractivity contribution in [2.75, 3.05) is 0 Å². The normalized spacial score (nSPS) is 11.6. The summed E-state index contributed by atoms with van der Waals surface area (Å²) >= 11 is 0. The van der Waals surface area contributed by atoms with E-state index >= 15 is 0 Å². The second-order valence-corrected chi connectivity index (χ2v) is 14.0. The molecule has 0 saturated heterocycles. The minimum Gasteiger partial charge on any atom is -0.456 e. The van der Waals surface area contributed by atoms with Crippen LogP contribution in [0.4, 0.5) is 0 Å². The molecule has 0 spiro atoms. The molecule has 0 aliphatic rings. The van der Waals surface area contributed by atoms with E-state index in [0.717, 1.165) is 93.9 Å². The summed E-state index contributed by atoms with van der Waals surface area (Å²) in [5, 5.41) is 4.32. The van der Waals surface area contributed by atoms with Gasteiger partial charge in [-0.25, -0.2) is 15.0 Å². The minimum atomic E-state index is 0.587. The highest BCUT2D eigenvalue weighted by Crippen LogP contribution is 2.39. The molecule has 11 aromatic rings. The zero-order chi connectivity index (χ0) is 37.0. The molecular weight excluding hydrogens is 687 g/mol. The van der Waals surface area contributed by atoms with Crippen LogP contribution in [0.5, 0.6) is 0 Å². The molecule has 0 unspecified atom stereocenters. The molecule has 3 heterocycles. The standard InChI is InChI=1S/C51H31N3O2/c1-3-13-32(14-4-1)39-17-7-8-20-42(39)51-53-49(33-15-5-2-6-16-33)52-50(54-51)38-28-36(34-23-25-47-43(30-34)40-18-9-11-21-45(40)55-47)27-37(29-38)35-24-26-48-44(31-35)41-19-10-12-22-46(41)56-48/h1-31H. The van der Waals surface area contributed by atoms with Crippen LogP contribution in [0.25, 0.3) is 111 Å². The van der Waals surface area contributed by atoms with Gasteiger partial charge in [0.15, 0.2) is 17.5 Å². The Morgan fingerprint density at radius 2 is 0.679 bits per heavy atom. The van der Waals surface area contributed by atoms with Crippen LogP contribution in [0, 0.1) is 0 Å². The molecule has 0 N–H and O–H groups in total. The second kappa shape index (κ2) is 13.0. The van der Waals surface area contributed by atoms with Gasteiger partial charge >= 0.3 is 0 Å². The Hall–Kier alpha value is -7.63. The van der Waals surface area contributed by atoms with Crippen molar-refractivity contribution in [1.82, 2.24) is 15.0 Å². The van der Waals surface area contributed by atoms with E-state index in [4.69, 9.17) is 23.8 Å². The molecule has 0 fully saturated rings. The first-order valence-corrected chi connectivity index (χ1v) is 18.7. The zero-order valence-corrected chi connectivity index (χ0v) is 30.1. The number of hydrogen-bond acceptors (Lipinski definition) is 5. The second-order valence-electron chi connectivity index (χ2n) is 14.0. The molecule has 0 bridgehead atoms. The number of fused-ring (bicyclic) bond motifs is 6. The van der Waals surface area contributed by atoms with Gasteiger partial charge in [0.05, 0.1) is 0 Å². The molecule has 0 saturated carbocycles. The molecule has 0 aliphatic heterocycles. The molecule has 11 rings (SSSR count). The first kappa shape index (κ1) is 31.9. The fourth-order valence-corrected chi connectivity index (χ4v) is 7.79. The van der Waals surface area contributed by atoms with Crippen molar-refractivity contribution in [1.29, 1.82) is 0 Å². The van der Waals surface area contributed by atoms with Crippen LogP contribution in [0.15, 0.2) is 197 Å². The minimum absolute atomic E-state index is 0.587. The van der Waals surface area contributed by atoms with Gasteiger partial charge in [0, 0.05) is 38.2 Å². The number of benzene rings is 8. The Labute approximate surface area is 322 Å². The van der Waals surface area contributed by atoms with E-state index in [9.17, 15) is 0 Å². The molecule has 262 valence electrons. The van der Waals surface area contributed by atoms with E-state index in [0.29, 0.717) is 17.5 Å². The third-order valence-electron chi connectivity index (χ3n) is 10.5. The average molecular weight is 718 g/mol. The lowest BCUT2D eigenvalue weighted by Gasteiger charge is -2.14. The summed E-state index contributed by atoms with van der Waals surface area (Å²) in [6.07, 6.45) is 0. The number of nitrogens with zero attached hydrogens (tertiary/aromatic N) is 3. The SMILES string of the molecule is c1ccc(-c2nc(-c3cc(-c4ccc5oc6ccccc6c5c4)cc(-c4ccc5oc6ccccc6c5c4)c3)nc(-c3ccccc3-c3ccccc3)n2)cc1. The molecular formula is C51H31N3O2. The molecule has 0 amide bonds. The Morgan fingerprint density at radius 1 is 0.250 bits per heavy atom. The fourth-order valence-electron chi connectivity index (χ4n) is 7.79. The maximum atomic E-state index is 6.21. The molecule has 0 radical (unpaired) electrons. The lowest BCUT2D eigenvalue weighted by atomic mass is 9.94. The molecule has 5 heteroatoms. The summed E-state index contributed by atoms with van der Waals surface area (Å²) in [4.78, 5) is 15.6. The van der Waals surface area contributed by atoms with Gasteiger partial charge in [0.2, 0.25) is 0 Å². The number of hydrogen-bond donors (Lipinski definition) is 0. The quantitative estimate of drug-likeness (QED) is 0.171. The highest BCUT2D eigenvalue weighted by molar-refractivity contribution is 6.07. The first-order valence-electron chi connectivity index (χ1n) is 18.7. The number of aromatic nitrogens is 3. The Balaban J connectivity index is 1.15. The molecule has 8 aromatic carbocycles. The smallest absolute Gasteiger partial charge is 0.164 e. The molecule has 5 nitrogen and oxygen atoms in total. The highest BCUT2D eigenvalue weighted by atomic mass is 16.3. The summed E-state index contributed by atoms with van der Waals surface area (Å²) in [5.41, 5.74) is 12.5. The summed E-state index contributed by atoms with van der Waals surface area (Å²) < 4.78 is 12.4. The predicted molar refractivity (Wildman–Crippen MR) is 227 cm³/mol. The predicted octanol–water partition coefficient (Wildman–Crippen LogP) is 13.7. The first-order chi connectivity index (χ1) is 27.7. The van der Waals surface area contributed by atoms with Gasteiger partial charge in [-0.2, -0.15) is 0 Å². The Morgan fingerprint density at radius 3 is 1.27 bits per heavy atom. The number of para-hydroxylation sites is 2. The number of rotatable bonds is 6. The average Bonchev–Trinajstić information content (AvgIpc) is 3.84. The van der Waals surface area contributed by atoms with E-state index in [2.05, 4.69) is 121 Å². The fraction of sp³-hybridized carbons (Fsp3) is 0. The van der Waals surface area contributed by atoms with E-state index in [1.165, 1.54) is 0 Å². The van der Waals surface area contributed by atoms with Crippen molar-refractivity contribution in [3.63, 3.8) is 0 Å². The zero-order valence-electron chi connectivity index (χ0n) is 30.1. The van der Waals surface area contributed by atoms with Gasteiger partial charge in [0.1, 0.15) is 22.3 Å². The van der Waals surface area contributed by atoms with Crippen LogP contribution in [-0.4, -0.2) is 15.0 Å².